The number of hydrogen-bond donors (Lipinski definition) is 2. The van der Waals surface area contributed by atoms with Gasteiger partial charge in [-0.25, -0.2) is 0 Å². The number of benzene rings is 2. The monoisotopic (exact) mass is 467 g/mol. The van der Waals surface area contributed by atoms with Gasteiger partial charge in [0, 0.05) is 30.5 Å². The Bertz CT molecular complexity index is 1020. The van der Waals surface area contributed by atoms with Crippen molar-refractivity contribution < 1.29 is 14.0 Å². The first-order valence-corrected chi connectivity index (χ1v) is 10.6. The van der Waals surface area contributed by atoms with E-state index in [0.29, 0.717) is 23.3 Å². The summed E-state index contributed by atoms with van der Waals surface area (Å²) < 4.78 is 5.75. The van der Waals surface area contributed by atoms with E-state index in [1.165, 1.54) is 0 Å². The maximum Gasteiger partial charge on any atom is 0.291 e. The molecule has 2 aromatic carbocycles. The van der Waals surface area contributed by atoms with E-state index in [1.54, 1.807) is 24.3 Å². The largest absolute Gasteiger partial charge is 0.444 e. The fraction of sp³-hybridized carbons (Fsp3) is 0.217. The number of furan rings is 1. The highest BCUT2D eigenvalue weighted by atomic mass is 79.9. The summed E-state index contributed by atoms with van der Waals surface area (Å²) in [4.78, 5) is 26.7. The van der Waals surface area contributed by atoms with Crippen molar-refractivity contribution in [2.75, 3.05) is 23.7 Å². The Morgan fingerprint density at radius 3 is 2.47 bits per heavy atom. The number of likely N-dealkylation sites (tertiary alicyclic amines) is 1. The molecule has 154 valence electrons. The second-order valence-electron chi connectivity index (χ2n) is 7.27. The van der Waals surface area contributed by atoms with E-state index in [0.717, 1.165) is 24.2 Å². The molecule has 0 radical (unpaired) electrons. The van der Waals surface area contributed by atoms with Crippen LogP contribution in [0.2, 0.25) is 0 Å². The molecule has 0 spiro atoms. The second kappa shape index (κ2) is 9.17. The van der Waals surface area contributed by atoms with Gasteiger partial charge in [0.15, 0.2) is 10.4 Å². The second-order valence-corrected chi connectivity index (χ2v) is 8.05. The van der Waals surface area contributed by atoms with Gasteiger partial charge in [0.25, 0.3) is 5.91 Å². The molecule has 1 fully saturated rings. The number of amides is 2. The van der Waals surface area contributed by atoms with Crippen LogP contribution in [0.3, 0.4) is 0 Å². The molecule has 1 aliphatic rings. The zero-order valence-corrected chi connectivity index (χ0v) is 17.9. The van der Waals surface area contributed by atoms with Crippen molar-refractivity contribution in [2.24, 2.45) is 0 Å². The van der Waals surface area contributed by atoms with Crippen LogP contribution >= 0.6 is 15.9 Å². The fourth-order valence-electron chi connectivity index (χ4n) is 3.50. The fourth-order valence-corrected chi connectivity index (χ4v) is 3.80. The zero-order chi connectivity index (χ0) is 20.9. The van der Waals surface area contributed by atoms with E-state index in [-0.39, 0.29) is 23.6 Å². The summed E-state index contributed by atoms with van der Waals surface area (Å²) >= 11 is 3.18. The smallest absolute Gasteiger partial charge is 0.291 e. The zero-order valence-electron chi connectivity index (χ0n) is 16.3. The summed E-state index contributed by atoms with van der Waals surface area (Å²) in [6.07, 6.45) is 1.28. The molecule has 2 N–H and O–H groups in total. The molecule has 30 heavy (non-hydrogen) atoms. The summed E-state index contributed by atoms with van der Waals surface area (Å²) in [5.41, 5.74) is 2.64. The summed E-state index contributed by atoms with van der Waals surface area (Å²) in [6.45, 7) is 1.47. The van der Waals surface area contributed by atoms with Crippen LogP contribution in [-0.2, 0) is 11.2 Å². The number of carbonyl (C=O) groups is 2. The number of para-hydroxylation sites is 1. The SMILES string of the molecule is O=C(Nc1ccc(CC(=O)N2CCC(Nc3ccccc3)C2)cc1)c1ccc(Br)o1. The lowest BCUT2D eigenvalue weighted by Gasteiger charge is -2.18. The molecule has 1 saturated heterocycles. The topological polar surface area (TPSA) is 74.6 Å². The molecule has 0 bridgehead atoms. The number of nitrogens with one attached hydrogen (secondary N) is 2. The third-order valence-electron chi connectivity index (χ3n) is 5.05. The molecule has 2 amide bonds. The van der Waals surface area contributed by atoms with Crippen molar-refractivity contribution in [3.05, 3.63) is 82.7 Å². The molecule has 1 unspecified atom stereocenters. The highest BCUT2D eigenvalue weighted by Gasteiger charge is 2.26. The molecule has 1 aliphatic heterocycles. The Morgan fingerprint density at radius 2 is 1.77 bits per heavy atom. The third-order valence-corrected chi connectivity index (χ3v) is 5.48. The third kappa shape index (κ3) is 5.10. The lowest BCUT2D eigenvalue weighted by Crippen LogP contribution is -2.32. The van der Waals surface area contributed by atoms with Crippen LogP contribution in [-0.4, -0.2) is 35.8 Å². The van der Waals surface area contributed by atoms with Gasteiger partial charge in [-0.3, -0.25) is 9.59 Å². The Balaban J connectivity index is 1.28. The lowest BCUT2D eigenvalue weighted by molar-refractivity contribution is -0.129. The predicted octanol–water partition coefficient (Wildman–Crippen LogP) is 4.55. The summed E-state index contributed by atoms with van der Waals surface area (Å²) in [7, 11) is 0. The number of carbonyl (C=O) groups excluding carboxylic acids is 2. The molecule has 6 nitrogen and oxygen atoms in total. The van der Waals surface area contributed by atoms with Crippen LogP contribution in [0.4, 0.5) is 11.4 Å². The lowest BCUT2D eigenvalue weighted by atomic mass is 10.1. The molecular weight excluding hydrogens is 446 g/mol. The van der Waals surface area contributed by atoms with Crippen LogP contribution in [0.15, 0.2) is 75.8 Å². The number of anilines is 2. The minimum absolute atomic E-state index is 0.115. The Hall–Kier alpha value is -3.06. The van der Waals surface area contributed by atoms with Crippen molar-refractivity contribution >= 4 is 39.1 Å². The van der Waals surface area contributed by atoms with Crippen molar-refractivity contribution in [3.63, 3.8) is 0 Å². The van der Waals surface area contributed by atoms with E-state index in [9.17, 15) is 9.59 Å². The van der Waals surface area contributed by atoms with Crippen LogP contribution in [0.1, 0.15) is 22.5 Å². The van der Waals surface area contributed by atoms with E-state index >= 15 is 0 Å². The molecule has 0 saturated carbocycles. The van der Waals surface area contributed by atoms with E-state index in [1.807, 2.05) is 47.4 Å². The minimum Gasteiger partial charge on any atom is -0.444 e. The normalized spacial score (nSPS) is 15.8. The summed E-state index contributed by atoms with van der Waals surface area (Å²) in [5.74, 6) is 0.0250. The molecule has 2 heterocycles. The first-order chi connectivity index (χ1) is 14.6. The average molecular weight is 468 g/mol. The number of hydrogen-bond acceptors (Lipinski definition) is 4. The van der Waals surface area contributed by atoms with Crippen LogP contribution in [0.5, 0.6) is 0 Å². The standard InChI is InChI=1S/C23H22BrN3O3/c24-21-11-10-20(30-21)23(29)26-18-8-6-16(7-9-18)14-22(28)27-13-12-19(15-27)25-17-4-2-1-3-5-17/h1-11,19,25H,12-15H2,(H,26,29). The quantitative estimate of drug-likeness (QED) is 0.557. The highest BCUT2D eigenvalue weighted by Crippen LogP contribution is 2.19. The first kappa shape index (κ1) is 20.2. The molecule has 1 atom stereocenters. The predicted molar refractivity (Wildman–Crippen MR) is 120 cm³/mol. The van der Waals surface area contributed by atoms with Gasteiger partial charge in [-0.1, -0.05) is 30.3 Å². The van der Waals surface area contributed by atoms with Gasteiger partial charge in [0.05, 0.1) is 6.42 Å². The van der Waals surface area contributed by atoms with Crippen molar-refractivity contribution in [3.8, 4) is 0 Å². The molecular formula is C23H22BrN3O3. The van der Waals surface area contributed by atoms with Gasteiger partial charge >= 0.3 is 0 Å². The number of halogens is 1. The van der Waals surface area contributed by atoms with Gasteiger partial charge < -0.3 is 20.0 Å². The molecule has 1 aromatic heterocycles. The van der Waals surface area contributed by atoms with Gasteiger partial charge in [0.2, 0.25) is 5.91 Å². The maximum absolute atomic E-state index is 12.7. The van der Waals surface area contributed by atoms with Gasteiger partial charge in [-0.05, 0) is 64.3 Å². The Morgan fingerprint density at radius 1 is 1.00 bits per heavy atom. The van der Waals surface area contributed by atoms with Gasteiger partial charge in [-0.15, -0.1) is 0 Å². The van der Waals surface area contributed by atoms with E-state index < -0.39 is 0 Å². The maximum atomic E-state index is 12.7. The Labute approximate surface area is 183 Å². The number of rotatable bonds is 6. The van der Waals surface area contributed by atoms with E-state index in [2.05, 4.69) is 26.6 Å². The summed E-state index contributed by atoms with van der Waals surface area (Å²) in [6, 6.07) is 20.9. The van der Waals surface area contributed by atoms with Crippen molar-refractivity contribution in [1.29, 1.82) is 0 Å². The number of nitrogens with zero attached hydrogens (tertiary/aromatic N) is 1. The van der Waals surface area contributed by atoms with Gasteiger partial charge in [-0.2, -0.15) is 0 Å². The van der Waals surface area contributed by atoms with Gasteiger partial charge in [0.1, 0.15) is 0 Å². The van der Waals surface area contributed by atoms with Crippen LogP contribution in [0, 0.1) is 0 Å². The van der Waals surface area contributed by atoms with Crippen LogP contribution in [0.25, 0.3) is 0 Å². The van der Waals surface area contributed by atoms with Crippen LogP contribution < -0.4 is 10.6 Å². The minimum atomic E-state index is -0.321. The molecule has 3 aromatic rings. The Kier molecular flexibility index (Phi) is 6.18. The average Bonchev–Trinajstić information content (AvgIpc) is 3.39. The molecule has 4 rings (SSSR count). The molecule has 7 heteroatoms. The summed E-state index contributed by atoms with van der Waals surface area (Å²) in [5, 5.41) is 6.26. The van der Waals surface area contributed by atoms with Crippen molar-refractivity contribution in [2.45, 2.75) is 18.9 Å². The van der Waals surface area contributed by atoms with Crippen molar-refractivity contribution in [1.82, 2.24) is 4.90 Å². The highest BCUT2D eigenvalue weighted by molar-refractivity contribution is 9.10. The first-order valence-electron chi connectivity index (χ1n) is 9.82. The van der Waals surface area contributed by atoms with E-state index in [4.69, 9.17) is 4.42 Å². The molecule has 0 aliphatic carbocycles.